The second-order valence-electron chi connectivity index (χ2n) is 12.7. The summed E-state index contributed by atoms with van der Waals surface area (Å²) in [5, 5.41) is 35.8. The van der Waals surface area contributed by atoms with Crippen molar-refractivity contribution in [3.05, 3.63) is 71.8 Å². The van der Waals surface area contributed by atoms with Crippen LogP contribution in [0.3, 0.4) is 0 Å². The molecule has 4 atom stereocenters. The van der Waals surface area contributed by atoms with Gasteiger partial charge in [-0.2, -0.15) is 0 Å². The quantitative estimate of drug-likeness (QED) is 0.127. The molecule has 1 saturated heterocycles. The number of esters is 1. The van der Waals surface area contributed by atoms with Crippen LogP contribution in [0.15, 0.2) is 60.7 Å². The first kappa shape index (κ1) is 41.8. The molecule has 0 spiro atoms. The van der Waals surface area contributed by atoms with E-state index in [9.17, 15) is 24.3 Å². The maximum Gasteiger partial charge on any atom is 0.407 e. The van der Waals surface area contributed by atoms with Crippen molar-refractivity contribution >= 4 is 24.1 Å². The summed E-state index contributed by atoms with van der Waals surface area (Å²) in [5.74, 6) is -1.10. The molecule has 8 N–H and O–H groups in total. The predicted molar refractivity (Wildman–Crippen MR) is 178 cm³/mol. The second-order valence-corrected chi connectivity index (χ2v) is 12.7. The lowest BCUT2D eigenvalue weighted by atomic mass is 9.87. The van der Waals surface area contributed by atoms with Gasteiger partial charge in [0.25, 0.3) is 0 Å². The summed E-state index contributed by atoms with van der Waals surface area (Å²) in [6.45, 7) is 11.3. The Labute approximate surface area is 282 Å². The number of aliphatic hydroxyl groups excluding tert-OH is 3. The van der Waals surface area contributed by atoms with E-state index < -0.39 is 47.1 Å². The number of nitrogens with two attached hydrogens (primary N) is 1. The Morgan fingerprint density at radius 1 is 0.938 bits per heavy atom. The van der Waals surface area contributed by atoms with Crippen molar-refractivity contribution in [3.63, 3.8) is 0 Å². The fourth-order valence-electron chi connectivity index (χ4n) is 3.57. The summed E-state index contributed by atoms with van der Waals surface area (Å²) >= 11 is 0. The highest BCUT2D eigenvalue weighted by molar-refractivity contribution is 5.81. The van der Waals surface area contributed by atoms with Gasteiger partial charge in [-0.1, -0.05) is 88.4 Å². The lowest BCUT2D eigenvalue weighted by Gasteiger charge is -2.27. The molecular formula is C34H52N4O10. The van der Waals surface area contributed by atoms with Gasteiger partial charge < -0.3 is 51.2 Å². The number of carbonyl (C=O) groups excluding carboxylic acids is 4. The number of amides is 3. The molecule has 2 aromatic carbocycles. The van der Waals surface area contributed by atoms with Gasteiger partial charge in [-0.25, -0.2) is 14.4 Å². The summed E-state index contributed by atoms with van der Waals surface area (Å²) in [7, 11) is 0. The number of rotatable bonds is 12. The number of hydrogen-bond donors (Lipinski definition) is 7. The summed E-state index contributed by atoms with van der Waals surface area (Å²) in [5.41, 5.74) is 5.87. The summed E-state index contributed by atoms with van der Waals surface area (Å²) in [4.78, 5) is 45.2. The van der Waals surface area contributed by atoms with Crippen LogP contribution in [0.5, 0.6) is 0 Å². The van der Waals surface area contributed by atoms with Crippen LogP contribution in [0.4, 0.5) is 9.59 Å². The third kappa shape index (κ3) is 16.0. The lowest BCUT2D eigenvalue weighted by molar-refractivity contribution is -0.145. The fraction of sp³-hybridized carbons (Fsp3) is 0.529. The topological polar surface area (TPSA) is 219 Å². The van der Waals surface area contributed by atoms with E-state index in [1.54, 1.807) is 34.6 Å². The molecule has 1 fully saturated rings. The van der Waals surface area contributed by atoms with Crippen molar-refractivity contribution in [2.75, 3.05) is 26.3 Å². The highest BCUT2D eigenvalue weighted by Crippen LogP contribution is 2.27. The molecule has 0 unspecified atom stereocenters. The molecule has 1 heterocycles. The van der Waals surface area contributed by atoms with E-state index in [4.69, 9.17) is 25.4 Å². The molecule has 0 saturated carbocycles. The monoisotopic (exact) mass is 676 g/mol. The molecule has 0 aliphatic carbocycles. The minimum Gasteiger partial charge on any atom is -0.463 e. The van der Waals surface area contributed by atoms with Crippen molar-refractivity contribution in [1.29, 1.82) is 0 Å². The number of ether oxygens (including phenoxy) is 3. The molecule has 268 valence electrons. The van der Waals surface area contributed by atoms with E-state index in [0.717, 1.165) is 11.1 Å². The Bertz CT molecular complexity index is 1260. The van der Waals surface area contributed by atoms with Crippen LogP contribution in [-0.4, -0.2) is 90.0 Å². The Morgan fingerprint density at radius 2 is 1.40 bits per heavy atom. The van der Waals surface area contributed by atoms with Gasteiger partial charge in [-0.3, -0.25) is 4.79 Å². The van der Waals surface area contributed by atoms with E-state index in [1.807, 2.05) is 67.6 Å². The molecule has 1 aliphatic heterocycles. The van der Waals surface area contributed by atoms with Crippen molar-refractivity contribution in [3.8, 4) is 0 Å². The van der Waals surface area contributed by atoms with Crippen LogP contribution in [0.2, 0.25) is 0 Å². The highest BCUT2D eigenvalue weighted by atomic mass is 16.6. The molecule has 3 amide bonds. The van der Waals surface area contributed by atoms with Crippen LogP contribution in [0.1, 0.15) is 52.7 Å². The number of cyclic esters (lactones) is 1. The molecule has 48 heavy (non-hydrogen) atoms. The summed E-state index contributed by atoms with van der Waals surface area (Å²) in [6.07, 6.45) is -3.29. The van der Waals surface area contributed by atoms with Gasteiger partial charge in [0.15, 0.2) is 6.10 Å². The zero-order valence-electron chi connectivity index (χ0n) is 28.6. The van der Waals surface area contributed by atoms with E-state index in [-0.39, 0.29) is 38.4 Å². The van der Waals surface area contributed by atoms with Gasteiger partial charge in [-0.05, 0) is 25.0 Å². The Morgan fingerprint density at radius 3 is 1.75 bits per heavy atom. The van der Waals surface area contributed by atoms with Gasteiger partial charge in [0.2, 0.25) is 5.91 Å². The Hall–Kier alpha value is -4.24. The number of carbonyl (C=O) groups is 4. The van der Waals surface area contributed by atoms with E-state index in [1.165, 1.54) is 0 Å². The molecule has 0 aromatic heterocycles. The standard InChI is InChI=1S/C17H26N2O5.C11H16N2O2.C6H10O3/c1-12(9-18-15(22)14(21)17(2,3)11-20)19-16(23)24-10-13-7-5-4-6-8-13;1-9(7-12)13-11(14)15-8-10-5-3-2-4-6-10;1-6(2)3-9-5(8)4(6)7/h4-8,12,14,20-21H,9-11H2,1-3H3,(H,18,22)(H,19,23);2-6,9H,7-8,12H2,1H3,(H,13,14);4,7H,3H2,1-2H3/t12-,14+;9-;4-/m001/s1. The molecule has 0 radical (unpaired) electrons. The fourth-order valence-corrected chi connectivity index (χ4v) is 3.57. The first-order valence-corrected chi connectivity index (χ1v) is 15.6. The molecule has 14 nitrogen and oxygen atoms in total. The van der Waals surface area contributed by atoms with E-state index in [0.29, 0.717) is 13.2 Å². The maximum atomic E-state index is 11.8. The maximum absolute atomic E-state index is 11.8. The largest absolute Gasteiger partial charge is 0.463 e. The van der Waals surface area contributed by atoms with Crippen LogP contribution in [0, 0.1) is 10.8 Å². The van der Waals surface area contributed by atoms with Crippen LogP contribution in [-0.2, 0) is 37.0 Å². The van der Waals surface area contributed by atoms with Gasteiger partial charge in [-0.15, -0.1) is 0 Å². The zero-order valence-corrected chi connectivity index (χ0v) is 28.6. The lowest BCUT2D eigenvalue weighted by Crippen LogP contribution is -2.49. The Balaban J connectivity index is 0.000000404. The first-order valence-electron chi connectivity index (χ1n) is 15.6. The van der Waals surface area contributed by atoms with Crippen LogP contribution in [0.25, 0.3) is 0 Å². The van der Waals surface area contributed by atoms with Crippen molar-refractivity contribution in [2.45, 2.75) is 79.0 Å². The molecule has 2 aromatic rings. The van der Waals surface area contributed by atoms with Gasteiger partial charge in [0.1, 0.15) is 19.3 Å². The number of aliphatic hydroxyl groups is 3. The van der Waals surface area contributed by atoms with Crippen LogP contribution < -0.4 is 21.7 Å². The normalized spacial score (nSPS) is 16.6. The number of alkyl carbamates (subject to hydrolysis) is 2. The van der Waals surface area contributed by atoms with Crippen molar-refractivity contribution in [1.82, 2.24) is 16.0 Å². The number of benzene rings is 2. The average Bonchev–Trinajstić information content (AvgIpc) is 3.31. The molecule has 14 heteroatoms. The third-order valence-electron chi connectivity index (χ3n) is 7.04. The zero-order chi connectivity index (χ0) is 36.3. The number of hydrogen-bond acceptors (Lipinski definition) is 11. The summed E-state index contributed by atoms with van der Waals surface area (Å²) < 4.78 is 14.7. The third-order valence-corrected chi connectivity index (χ3v) is 7.04. The van der Waals surface area contributed by atoms with Crippen molar-refractivity contribution in [2.24, 2.45) is 16.6 Å². The predicted octanol–water partition coefficient (Wildman–Crippen LogP) is 1.99. The smallest absolute Gasteiger partial charge is 0.407 e. The summed E-state index contributed by atoms with van der Waals surface area (Å²) in [6, 6.07) is 18.4. The highest BCUT2D eigenvalue weighted by Gasteiger charge is 2.42. The molecule has 1 aliphatic rings. The van der Waals surface area contributed by atoms with E-state index >= 15 is 0 Å². The van der Waals surface area contributed by atoms with Gasteiger partial charge in [0, 0.05) is 36.0 Å². The number of nitrogens with one attached hydrogen (secondary N) is 3. The molecule has 3 rings (SSSR count). The SMILES string of the molecule is CC1(C)COC(=O)[C@H]1O.C[C@@H](CN)NC(=O)OCc1ccccc1.C[C@@H](CNC(=O)[C@@H](O)C(C)(C)CO)NC(=O)OCc1ccccc1. The molecular weight excluding hydrogens is 624 g/mol. The average molecular weight is 677 g/mol. The van der Waals surface area contributed by atoms with Gasteiger partial charge in [0.05, 0.1) is 13.2 Å². The minimum absolute atomic E-state index is 0.0618. The van der Waals surface area contributed by atoms with Gasteiger partial charge >= 0.3 is 18.2 Å². The Kier molecular flexibility index (Phi) is 18.2. The second kappa shape index (κ2) is 20.9. The van der Waals surface area contributed by atoms with Crippen LogP contribution >= 0.6 is 0 Å². The first-order chi connectivity index (χ1) is 22.5. The minimum atomic E-state index is -1.33. The molecule has 0 bridgehead atoms. The van der Waals surface area contributed by atoms with Crippen molar-refractivity contribution < 1.29 is 48.7 Å². The van der Waals surface area contributed by atoms with E-state index in [2.05, 4.69) is 20.7 Å².